The van der Waals surface area contributed by atoms with Crippen LogP contribution < -0.4 is 9.62 Å². The summed E-state index contributed by atoms with van der Waals surface area (Å²) in [6.07, 6.45) is 0.279. The van der Waals surface area contributed by atoms with E-state index in [0.29, 0.717) is 17.1 Å². The lowest BCUT2D eigenvalue weighted by Crippen LogP contribution is -2.52. The zero-order valence-electron chi connectivity index (χ0n) is 20.9. The van der Waals surface area contributed by atoms with Crippen molar-refractivity contribution in [2.45, 2.75) is 37.8 Å². The van der Waals surface area contributed by atoms with Crippen molar-refractivity contribution < 1.29 is 22.4 Å². The molecule has 3 aromatic rings. The van der Waals surface area contributed by atoms with E-state index in [1.807, 2.05) is 0 Å². The highest BCUT2D eigenvalue weighted by Gasteiger charge is 2.33. The molecule has 0 aromatic heterocycles. The number of nitrogens with zero attached hydrogens (tertiary/aromatic N) is 2. The van der Waals surface area contributed by atoms with Crippen molar-refractivity contribution >= 4 is 50.7 Å². The number of hydrogen-bond acceptors (Lipinski definition) is 4. The van der Waals surface area contributed by atoms with Gasteiger partial charge in [0.25, 0.3) is 10.0 Å². The molecule has 0 unspecified atom stereocenters. The molecule has 0 aliphatic carbocycles. The van der Waals surface area contributed by atoms with Gasteiger partial charge in [-0.05, 0) is 67.4 Å². The van der Waals surface area contributed by atoms with Gasteiger partial charge in [-0.1, -0.05) is 54.4 Å². The van der Waals surface area contributed by atoms with Crippen LogP contribution in [0.5, 0.6) is 0 Å². The third-order valence-electron chi connectivity index (χ3n) is 5.80. The van der Waals surface area contributed by atoms with Gasteiger partial charge in [0, 0.05) is 13.1 Å². The van der Waals surface area contributed by atoms with Gasteiger partial charge >= 0.3 is 0 Å². The van der Waals surface area contributed by atoms with E-state index < -0.39 is 34.3 Å². The molecule has 0 aliphatic rings. The monoisotopic (exact) mass is 579 g/mol. The van der Waals surface area contributed by atoms with Crippen LogP contribution in [0.15, 0.2) is 77.7 Å². The summed E-state index contributed by atoms with van der Waals surface area (Å²) in [5.41, 5.74) is 0.707. The van der Waals surface area contributed by atoms with Gasteiger partial charge in [-0.3, -0.25) is 13.9 Å². The number of hydrogen-bond donors (Lipinski definition) is 1. The number of rotatable bonds is 11. The summed E-state index contributed by atoms with van der Waals surface area (Å²) in [5.74, 6) is -1.55. The number of sulfonamides is 1. The van der Waals surface area contributed by atoms with Crippen LogP contribution >= 0.6 is 23.2 Å². The number of likely N-dealkylation sites (N-methyl/N-ethyl adjacent to an activating group) is 1. The van der Waals surface area contributed by atoms with Gasteiger partial charge in [0.1, 0.15) is 18.4 Å². The summed E-state index contributed by atoms with van der Waals surface area (Å²) in [6.45, 7) is 3.23. The maximum absolute atomic E-state index is 13.8. The van der Waals surface area contributed by atoms with Gasteiger partial charge < -0.3 is 10.2 Å². The minimum Gasteiger partial charge on any atom is -0.355 e. The quantitative estimate of drug-likeness (QED) is 0.335. The van der Waals surface area contributed by atoms with Crippen LogP contribution in [0.4, 0.5) is 10.1 Å². The topological polar surface area (TPSA) is 86.8 Å². The molecule has 0 saturated heterocycles. The zero-order chi connectivity index (χ0) is 27.9. The van der Waals surface area contributed by atoms with Crippen molar-refractivity contribution in [3.63, 3.8) is 0 Å². The lowest BCUT2D eigenvalue weighted by atomic mass is 10.1. The molecule has 3 rings (SSSR count). The summed E-state index contributed by atoms with van der Waals surface area (Å²) in [7, 11) is -4.22. The fourth-order valence-corrected chi connectivity index (χ4v) is 5.66. The van der Waals surface area contributed by atoms with Crippen molar-refractivity contribution in [1.29, 1.82) is 0 Å². The van der Waals surface area contributed by atoms with Gasteiger partial charge in [0.2, 0.25) is 11.8 Å². The Labute approximate surface area is 232 Å². The molecule has 0 saturated carbocycles. The van der Waals surface area contributed by atoms with Gasteiger partial charge in [-0.25, -0.2) is 12.8 Å². The van der Waals surface area contributed by atoms with Crippen LogP contribution in [0.2, 0.25) is 10.0 Å². The first-order chi connectivity index (χ1) is 18.1. The van der Waals surface area contributed by atoms with E-state index in [-0.39, 0.29) is 34.5 Å². The van der Waals surface area contributed by atoms with Crippen LogP contribution in [0.3, 0.4) is 0 Å². The largest absolute Gasteiger partial charge is 0.355 e. The number of halogens is 3. The number of anilines is 1. The molecule has 7 nitrogen and oxygen atoms in total. The number of carbonyl (C=O) groups excluding carboxylic acids is 2. The van der Waals surface area contributed by atoms with Crippen LogP contribution in [0.1, 0.15) is 25.8 Å². The Hall–Kier alpha value is -3.14. The molecule has 2 amide bonds. The zero-order valence-corrected chi connectivity index (χ0v) is 23.2. The van der Waals surface area contributed by atoms with E-state index in [9.17, 15) is 22.4 Å². The Kier molecular flexibility index (Phi) is 10.1. The van der Waals surface area contributed by atoms with Crippen molar-refractivity contribution in [2.75, 3.05) is 17.4 Å². The Morgan fingerprint density at radius 2 is 1.61 bits per heavy atom. The Morgan fingerprint density at radius 1 is 0.947 bits per heavy atom. The predicted molar refractivity (Wildman–Crippen MR) is 147 cm³/mol. The first-order valence-corrected chi connectivity index (χ1v) is 14.1. The standard InChI is InChI=1S/C27H28Cl2FN3O4S/c1-3-25(27(35)31-4-2)32(17-19-10-15-23(28)24(29)16-19)26(34)18-33(21-13-11-20(30)12-14-21)38(36,37)22-8-6-5-7-9-22/h5-16,25H,3-4,17-18H2,1-2H3,(H,31,35)/t25-/m0/s1. The van der Waals surface area contributed by atoms with Crippen LogP contribution in [-0.4, -0.2) is 44.3 Å². The van der Waals surface area contributed by atoms with E-state index in [4.69, 9.17) is 23.2 Å². The molecule has 0 heterocycles. The molecule has 1 N–H and O–H groups in total. The molecular formula is C27H28Cl2FN3O4S. The molecule has 0 radical (unpaired) electrons. The molecule has 0 spiro atoms. The van der Waals surface area contributed by atoms with Crippen LogP contribution in [0.25, 0.3) is 0 Å². The van der Waals surface area contributed by atoms with E-state index >= 15 is 0 Å². The van der Waals surface area contributed by atoms with E-state index in [0.717, 1.165) is 16.4 Å². The molecule has 0 fully saturated rings. The van der Waals surface area contributed by atoms with E-state index in [1.165, 1.54) is 29.2 Å². The normalized spacial score (nSPS) is 12.0. The second-order valence-corrected chi connectivity index (χ2v) is 11.1. The summed E-state index contributed by atoms with van der Waals surface area (Å²) in [6, 6.07) is 16.4. The fraction of sp³-hybridized carbons (Fsp3) is 0.259. The number of carbonyl (C=O) groups is 2. The molecule has 3 aromatic carbocycles. The molecular weight excluding hydrogens is 552 g/mol. The highest BCUT2D eigenvalue weighted by atomic mass is 35.5. The van der Waals surface area contributed by atoms with Crippen LogP contribution in [-0.2, 0) is 26.2 Å². The maximum Gasteiger partial charge on any atom is 0.264 e. The van der Waals surface area contributed by atoms with Crippen LogP contribution in [0, 0.1) is 5.82 Å². The minimum absolute atomic E-state index is 0.0198. The second-order valence-electron chi connectivity index (χ2n) is 8.39. The third-order valence-corrected chi connectivity index (χ3v) is 8.33. The molecule has 0 bridgehead atoms. The van der Waals surface area contributed by atoms with Crippen molar-refractivity contribution in [3.8, 4) is 0 Å². The molecule has 202 valence electrons. The SMILES string of the molecule is CCNC(=O)[C@H](CC)N(Cc1ccc(Cl)c(Cl)c1)C(=O)CN(c1ccc(F)cc1)S(=O)(=O)c1ccccc1. The van der Waals surface area contributed by atoms with Crippen molar-refractivity contribution in [3.05, 3.63) is 94.2 Å². The average Bonchev–Trinajstić information content (AvgIpc) is 2.90. The summed E-state index contributed by atoms with van der Waals surface area (Å²) in [4.78, 5) is 28.0. The van der Waals surface area contributed by atoms with Crippen molar-refractivity contribution in [1.82, 2.24) is 10.2 Å². The molecule has 0 aliphatic heterocycles. The molecule has 38 heavy (non-hydrogen) atoms. The first-order valence-electron chi connectivity index (χ1n) is 11.9. The first kappa shape index (κ1) is 29.4. The maximum atomic E-state index is 13.8. The summed E-state index contributed by atoms with van der Waals surface area (Å²) < 4.78 is 41.9. The highest BCUT2D eigenvalue weighted by molar-refractivity contribution is 7.92. The number of amides is 2. The van der Waals surface area contributed by atoms with Gasteiger partial charge in [0.05, 0.1) is 20.6 Å². The number of nitrogens with one attached hydrogen (secondary N) is 1. The lowest BCUT2D eigenvalue weighted by Gasteiger charge is -2.33. The highest BCUT2D eigenvalue weighted by Crippen LogP contribution is 2.26. The number of benzene rings is 3. The average molecular weight is 581 g/mol. The minimum atomic E-state index is -4.22. The summed E-state index contributed by atoms with van der Waals surface area (Å²) in [5, 5.41) is 3.35. The Balaban J connectivity index is 2.05. The third kappa shape index (κ3) is 7.03. The Morgan fingerprint density at radius 3 is 2.18 bits per heavy atom. The molecule has 11 heteroatoms. The van der Waals surface area contributed by atoms with E-state index in [1.54, 1.807) is 50.2 Å². The smallest absolute Gasteiger partial charge is 0.264 e. The summed E-state index contributed by atoms with van der Waals surface area (Å²) >= 11 is 12.2. The predicted octanol–water partition coefficient (Wildman–Crippen LogP) is 5.27. The van der Waals surface area contributed by atoms with Gasteiger partial charge in [-0.2, -0.15) is 0 Å². The Bertz CT molecular complexity index is 1370. The van der Waals surface area contributed by atoms with Gasteiger partial charge in [-0.15, -0.1) is 0 Å². The fourth-order valence-electron chi connectivity index (χ4n) is 3.90. The molecule has 1 atom stereocenters. The van der Waals surface area contributed by atoms with E-state index in [2.05, 4.69) is 5.32 Å². The second kappa shape index (κ2) is 13.1. The van der Waals surface area contributed by atoms with Crippen molar-refractivity contribution in [2.24, 2.45) is 0 Å². The lowest BCUT2D eigenvalue weighted by molar-refractivity contribution is -0.140. The van der Waals surface area contributed by atoms with Gasteiger partial charge in [0.15, 0.2) is 0 Å².